The Hall–Kier alpha value is -2.60. The molecule has 1 saturated heterocycles. The number of nitrogens with one attached hydrogen (secondary N) is 2. The minimum atomic E-state index is -0.183. The molecule has 2 aromatic rings. The van der Waals surface area contributed by atoms with Gasteiger partial charge in [-0.3, -0.25) is 0 Å². The Kier molecular flexibility index (Phi) is 7.25. The van der Waals surface area contributed by atoms with Crippen LogP contribution in [0.15, 0.2) is 47.5 Å². The lowest BCUT2D eigenvalue weighted by Crippen LogP contribution is -2.39. The molecular weight excluding hydrogens is 355 g/mol. The highest BCUT2D eigenvalue weighted by Gasteiger charge is 2.14. The molecule has 6 heteroatoms. The Morgan fingerprint density at radius 2 is 1.93 bits per heavy atom. The number of anilines is 1. The molecule has 2 aromatic carbocycles. The SMILES string of the molecule is CCNC(=NCc1ccc(F)c(C)c1)NCc1ccccc1N1CCOCC1. The fraction of sp³-hybridized carbons (Fsp3) is 0.409. The maximum Gasteiger partial charge on any atom is 0.191 e. The first kappa shape index (κ1) is 20.1. The summed E-state index contributed by atoms with van der Waals surface area (Å²) >= 11 is 0. The lowest BCUT2D eigenvalue weighted by atomic mass is 10.1. The number of benzene rings is 2. The molecule has 5 nitrogen and oxygen atoms in total. The van der Waals surface area contributed by atoms with E-state index in [-0.39, 0.29) is 5.82 Å². The van der Waals surface area contributed by atoms with Gasteiger partial charge in [0, 0.05) is 31.9 Å². The van der Waals surface area contributed by atoms with Crippen LogP contribution in [0, 0.1) is 12.7 Å². The number of aryl methyl sites for hydroxylation is 1. The predicted octanol–water partition coefficient (Wildman–Crippen LogP) is 3.23. The summed E-state index contributed by atoms with van der Waals surface area (Å²) in [6, 6.07) is 13.6. The molecule has 0 spiro atoms. The Labute approximate surface area is 166 Å². The predicted molar refractivity (Wildman–Crippen MR) is 112 cm³/mol. The molecule has 1 aliphatic rings. The van der Waals surface area contributed by atoms with Crippen LogP contribution >= 0.6 is 0 Å². The summed E-state index contributed by atoms with van der Waals surface area (Å²) < 4.78 is 18.9. The zero-order valence-electron chi connectivity index (χ0n) is 16.7. The first-order chi connectivity index (χ1) is 13.7. The quantitative estimate of drug-likeness (QED) is 0.593. The van der Waals surface area contributed by atoms with E-state index in [1.165, 1.54) is 17.3 Å². The summed E-state index contributed by atoms with van der Waals surface area (Å²) in [6.07, 6.45) is 0. The van der Waals surface area contributed by atoms with E-state index in [1.54, 1.807) is 13.0 Å². The van der Waals surface area contributed by atoms with E-state index in [9.17, 15) is 4.39 Å². The molecule has 0 aromatic heterocycles. The third kappa shape index (κ3) is 5.45. The second-order valence-corrected chi connectivity index (χ2v) is 6.86. The Bertz CT molecular complexity index is 803. The zero-order chi connectivity index (χ0) is 19.8. The molecule has 28 heavy (non-hydrogen) atoms. The summed E-state index contributed by atoms with van der Waals surface area (Å²) in [5.74, 6) is 0.568. The van der Waals surface area contributed by atoms with Crippen LogP contribution in [0.5, 0.6) is 0 Å². The summed E-state index contributed by atoms with van der Waals surface area (Å²) in [4.78, 5) is 7.02. The molecule has 0 saturated carbocycles. The molecule has 150 valence electrons. The van der Waals surface area contributed by atoms with Gasteiger partial charge in [-0.2, -0.15) is 0 Å². The van der Waals surface area contributed by atoms with Crippen molar-refractivity contribution >= 4 is 11.6 Å². The van der Waals surface area contributed by atoms with E-state index in [2.05, 4.69) is 44.8 Å². The van der Waals surface area contributed by atoms with Gasteiger partial charge in [-0.25, -0.2) is 9.38 Å². The molecule has 0 radical (unpaired) electrons. The molecule has 0 aliphatic carbocycles. The van der Waals surface area contributed by atoms with Crippen molar-refractivity contribution in [2.75, 3.05) is 37.7 Å². The molecule has 3 rings (SSSR count). The third-order valence-corrected chi connectivity index (χ3v) is 4.78. The molecule has 1 aliphatic heterocycles. The van der Waals surface area contributed by atoms with Gasteiger partial charge >= 0.3 is 0 Å². The second kappa shape index (κ2) is 10.1. The van der Waals surface area contributed by atoms with Gasteiger partial charge in [0.05, 0.1) is 19.8 Å². The highest BCUT2D eigenvalue weighted by molar-refractivity contribution is 5.80. The normalized spacial score (nSPS) is 14.8. The Morgan fingerprint density at radius 1 is 1.14 bits per heavy atom. The zero-order valence-corrected chi connectivity index (χ0v) is 16.7. The van der Waals surface area contributed by atoms with Crippen molar-refractivity contribution in [3.63, 3.8) is 0 Å². The Morgan fingerprint density at radius 3 is 2.68 bits per heavy atom. The van der Waals surface area contributed by atoms with E-state index < -0.39 is 0 Å². The molecule has 0 atom stereocenters. The van der Waals surface area contributed by atoms with Crippen LogP contribution in [-0.4, -0.2) is 38.8 Å². The van der Waals surface area contributed by atoms with E-state index >= 15 is 0 Å². The number of guanidine groups is 1. The monoisotopic (exact) mass is 384 g/mol. The summed E-state index contributed by atoms with van der Waals surface area (Å²) in [5.41, 5.74) is 4.10. The highest BCUT2D eigenvalue weighted by atomic mass is 19.1. The number of halogens is 1. The molecular formula is C22H29FN4O. The van der Waals surface area contributed by atoms with Crippen LogP contribution in [0.3, 0.4) is 0 Å². The smallest absolute Gasteiger partial charge is 0.191 e. The van der Waals surface area contributed by atoms with Crippen LogP contribution in [-0.2, 0) is 17.8 Å². The first-order valence-electron chi connectivity index (χ1n) is 9.85. The average molecular weight is 384 g/mol. The summed E-state index contributed by atoms with van der Waals surface area (Å²) in [7, 11) is 0. The lowest BCUT2D eigenvalue weighted by molar-refractivity contribution is 0.122. The molecule has 1 fully saturated rings. The number of aliphatic imine (C=N–C) groups is 1. The average Bonchev–Trinajstić information content (AvgIpc) is 2.73. The van der Waals surface area contributed by atoms with Crippen LogP contribution in [0.4, 0.5) is 10.1 Å². The molecule has 0 unspecified atom stereocenters. The van der Waals surface area contributed by atoms with E-state index in [4.69, 9.17) is 4.74 Å². The minimum Gasteiger partial charge on any atom is -0.378 e. The van der Waals surface area contributed by atoms with Gasteiger partial charge in [0.1, 0.15) is 5.82 Å². The molecule has 0 bridgehead atoms. The van der Waals surface area contributed by atoms with E-state index in [0.29, 0.717) is 18.7 Å². The number of rotatable bonds is 6. The van der Waals surface area contributed by atoms with E-state index in [0.717, 1.165) is 44.4 Å². The van der Waals surface area contributed by atoms with Crippen LogP contribution in [0.25, 0.3) is 0 Å². The van der Waals surface area contributed by atoms with Crippen LogP contribution in [0.2, 0.25) is 0 Å². The molecule has 2 N–H and O–H groups in total. The summed E-state index contributed by atoms with van der Waals surface area (Å²) in [5, 5.41) is 6.70. The van der Waals surface area contributed by atoms with Gasteiger partial charge in [0.15, 0.2) is 5.96 Å². The Balaban J connectivity index is 1.67. The fourth-order valence-electron chi connectivity index (χ4n) is 3.27. The second-order valence-electron chi connectivity index (χ2n) is 6.86. The van der Waals surface area contributed by atoms with E-state index in [1.807, 2.05) is 13.0 Å². The number of morpholine rings is 1. The molecule has 0 amide bonds. The van der Waals surface area contributed by atoms with Gasteiger partial charge in [0.2, 0.25) is 0 Å². The van der Waals surface area contributed by atoms with Crippen molar-refractivity contribution in [3.8, 4) is 0 Å². The maximum absolute atomic E-state index is 13.4. The van der Waals surface area contributed by atoms with Gasteiger partial charge in [0.25, 0.3) is 0 Å². The van der Waals surface area contributed by atoms with Gasteiger partial charge in [-0.15, -0.1) is 0 Å². The number of para-hydroxylation sites is 1. The van der Waals surface area contributed by atoms with Crippen molar-refractivity contribution in [1.82, 2.24) is 10.6 Å². The number of hydrogen-bond acceptors (Lipinski definition) is 3. The highest BCUT2D eigenvalue weighted by Crippen LogP contribution is 2.21. The van der Waals surface area contributed by atoms with Crippen molar-refractivity contribution in [3.05, 3.63) is 65.0 Å². The fourth-order valence-corrected chi connectivity index (χ4v) is 3.27. The topological polar surface area (TPSA) is 48.9 Å². The van der Waals surface area contributed by atoms with Gasteiger partial charge in [-0.05, 0) is 42.7 Å². The van der Waals surface area contributed by atoms with Gasteiger partial charge in [-0.1, -0.05) is 30.3 Å². The van der Waals surface area contributed by atoms with Crippen molar-refractivity contribution in [2.45, 2.75) is 26.9 Å². The number of ether oxygens (including phenoxy) is 1. The van der Waals surface area contributed by atoms with Crippen LogP contribution < -0.4 is 15.5 Å². The minimum absolute atomic E-state index is 0.183. The van der Waals surface area contributed by atoms with Crippen molar-refractivity contribution in [1.29, 1.82) is 0 Å². The standard InChI is InChI=1S/C22H29FN4O/c1-3-24-22(25-15-18-8-9-20(23)17(2)14-18)26-16-19-6-4-5-7-21(19)27-10-12-28-13-11-27/h4-9,14H,3,10-13,15-16H2,1-2H3,(H2,24,25,26). The third-order valence-electron chi connectivity index (χ3n) is 4.78. The molecule has 1 heterocycles. The van der Waals surface area contributed by atoms with Crippen molar-refractivity contribution < 1.29 is 9.13 Å². The van der Waals surface area contributed by atoms with Gasteiger partial charge < -0.3 is 20.3 Å². The lowest BCUT2D eigenvalue weighted by Gasteiger charge is -2.30. The largest absolute Gasteiger partial charge is 0.378 e. The summed E-state index contributed by atoms with van der Waals surface area (Å²) in [6.45, 7) is 9.13. The number of nitrogens with zero attached hydrogens (tertiary/aromatic N) is 2. The first-order valence-corrected chi connectivity index (χ1v) is 9.85. The number of hydrogen-bond donors (Lipinski definition) is 2. The van der Waals surface area contributed by atoms with Crippen LogP contribution in [0.1, 0.15) is 23.6 Å². The maximum atomic E-state index is 13.4. The van der Waals surface area contributed by atoms with Crippen molar-refractivity contribution in [2.24, 2.45) is 4.99 Å².